The van der Waals surface area contributed by atoms with Crippen molar-refractivity contribution in [3.8, 4) is 0 Å². The molecule has 0 fully saturated rings. The van der Waals surface area contributed by atoms with Gasteiger partial charge in [0, 0.05) is 11.6 Å². The van der Waals surface area contributed by atoms with E-state index in [0.717, 1.165) is 0 Å². The van der Waals surface area contributed by atoms with Crippen molar-refractivity contribution in [3.63, 3.8) is 0 Å². The van der Waals surface area contributed by atoms with Gasteiger partial charge < -0.3 is 15.8 Å². The number of anilines is 2. The number of carbonyl (C=O) groups excluding carboxylic acids is 1. The summed E-state index contributed by atoms with van der Waals surface area (Å²) in [5.74, 6) is 0.0373. The van der Waals surface area contributed by atoms with Gasteiger partial charge in [0.05, 0.1) is 11.0 Å². The first kappa shape index (κ1) is 13.5. The lowest BCUT2D eigenvalue weighted by Crippen LogP contribution is -2.20. The number of nitrogen functional groups attached to an aromatic ring is 1. The van der Waals surface area contributed by atoms with E-state index in [1.807, 2.05) is 0 Å². The molecule has 0 spiro atoms. The van der Waals surface area contributed by atoms with E-state index in [2.05, 4.69) is 15.3 Å². The summed E-state index contributed by atoms with van der Waals surface area (Å²) in [4.78, 5) is 19.9. The van der Waals surface area contributed by atoms with Crippen LogP contribution in [0.4, 0.5) is 11.6 Å². The van der Waals surface area contributed by atoms with Crippen molar-refractivity contribution in [2.24, 2.45) is 0 Å². The number of fused-ring (bicyclic) bond motifs is 1. The fourth-order valence-corrected chi connectivity index (χ4v) is 1.66. The van der Waals surface area contributed by atoms with Crippen LogP contribution in [-0.2, 0) is 9.53 Å². The molecule has 1 aromatic heterocycles. The molecule has 19 heavy (non-hydrogen) atoms. The predicted molar refractivity (Wildman–Crippen MR) is 74.1 cm³/mol. The second-order valence-corrected chi connectivity index (χ2v) is 4.21. The van der Waals surface area contributed by atoms with E-state index < -0.39 is 0 Å². The van der Waals surface area contributed by atoms with Gasteiger partial charge in [0.2, 0.25) is 0 Å². The Balaban J connectivity index is 2.26. The summed E-state index contributed by atoms with van der Waals surface area (Å²) >= 11 is 5.86. The highest BCUT2D eigenvalue weighted by atomic mass is 35.5. The second-order valence-electron chi connectivity index (χ2n) is 3.78. The van der Waals surface area contributed by atoms with Crippen LogP contribution < -0.4 is 11.1 Å². The van der Waals surface area contributed by atoms with E-state index in [-0.39, 0.29) is 24.1 Å². The third kappa shape index (κ3) is 3.30. The normalized spacial score (nSPS) is 10.6. The maximum Gasteiger partial charge on any atom is 0.251 e. The number of hydrogen-bond donors (Lipinski definition) is 2. The molecule has 0 saturated carbocycles. The first-order chi connectivity index (χ1) is 9.10. The minimum atomic E-state index is -0.323. The largest absolute Gasteiger partial charge is 0.381 e. The van der Waals surface area contributed by atoms with Gasteiger partial charge in [-0.2, -0.15) is 0 Å². The van der Waals surface area contributed by atoms with Crippen molar-refractivity contribution < 1.29 is 9.53 Å². The molecule has 2 rings (SSSR count). The summed E-state index contributed by atoms with van der Waals surface area (Å²) in [6.07, 6.45) is 0. The van der Waals surface area contributed by atoms with Crippen LogP contribution in [0.1, 0.15) is 6.92 Å². The SMILES string of the molecule is CCOCC(=O)Nc1nc2ccc(Cl)cc2nc1N. The number of hydrogen-bond acceptors (Lipinski definition) is 5. The summed E-state index contributed by atoms with van der Waals surface area (Å²) in [6, 6.07) is 5.06. The molecule has 1 heterocycles. The Kier molecular flexibility index (Phi) is 4.13. The van der Waals surface area contributed by atoms with Gasteiger partial charge in [-0.05, 0) is 25.1 Å². The highest BCUT2D eigenvalue weighted by Crippen LogP contribution is 2.21. The average molecular weight is 281 g/mol. The van der Waals surface area contributed by atoms with Crippen LogP contribution in [0.5, 0.6) is 0 Å². The Morgan fingerprint density at radius 3 is 2.95 bits per heavy atom. The van der Waals surface area contributed by atoms with E-state index in [9.17, 15) is 4.79 Å². The Morgan fingerprint density at radius 2 is 2.21 bits per heavy atom. The van der Waals surface area contributed by atoms with Crippen molar-refractivity contribution in [3.05, 3.63) is 23.2 Å². The fourth-order valence-electron chi connectivity index (χ4n) is 1.50. The minimum absolute atomic E-state index is 0.0454. The molecule has 0 atom stereocenters. The lowest BCUT2D eigenvalue weighted by molar-refractivity contribution is -0.120. The van der Waals surface area contributed by atoms with Gasteiger partial charge in [-0.15, -0.1) is 0 Å². The van der Waals surface area contributed by atoms with Crippen molar-refractivity contribution in [1.82, 2.24) is 9.97 Å². The first-order valence-corrected chi connectivity index (χ1v) is 6.08. The zero-order valence-corrected chi connectivity index (χ0v) is 11.1. The monoisotopic (exact) mass is 280 g/mol. The molecular weight excluding hydrogens is 268 g/mol. The summed E-state index contributed by atoms with van der Waals surface area (Å²) < 4.78 is 4.99. The molecule has 0 aliphatic heterocycles. The number of nitrogens with two attached hydrogens (primary N) is 1. The van der Waals surface area contributed by atoms with E-state index in [4.69, 9.17) is 22.1 Å². The average Bonchev–Trinajstić information content (AvgIpc) is 2.37. The minimum Gasteiger partial charge on any atom is -0.381 e. The highest BCUT2D eigenvalue weighted by Gasteiger charge is 2.10. The number of benzene rings is 1. The van der Waals surface area contributed by atoms with Gasteiger partial charge in [-0.1, -0.05) is 11.6 Å². The van der Waals surface area contributed by atoms with Crippen LogP contribution in [0.15, 0.2) is 18.2 Å². The number of ether oxygens (including phenoxy) is 1. The molecule has 0 saturated heterocycles. The van der Waals surface area contributed by atoms with Crippen LogP contribution in [0, 0.1) is 0 Å². The zero-order chi connectivity index (χ0) is 13.8. The van der Waals surface area contributed by atoms with E-state index in [0.29, 0.717) is 22.7 Å². The van der Waals surface area contributed by atoms with Crippen molar-refractivity contribution in [2.75, 3.05) is 24.3 Å². The number of halogens is 1. The number of aromatic nitrogens is 2. The smallest absolute Gasteiger partial charge is 0.251 e. The molecule has 1 amide bonds. The van der Waals surface area contributed by atoms with Gasteiger partial charge in [0.25, 0.3) is 5.91 Å². The van der Waals surface area contributed by atoms with E-state index in [1.54, 1.807) is 25.1 Å². The van der Waals surface area contributed by atoms with E-state index in [1.165, 1.54) is 0 Å². The Morgan fingerprint density at radius 1 is 1.42 bits per heavy atom. The molecule has 1 aromatic carbocycles. The number of carbonyl (C=O) groups is 1. The van der Waals surface area contributed by atoms with Gasteiger partial charge in [-0.25, -0.2) is 9.97 Å². The molecule has 2 aromatic rings. The van der Waals surface area contributed by atoms with Crippen LogP contribution in [0.25, 0.3) is 11.0 Å². The number of nitrogens with one attached hydrogen (secondary N) is 1. The number of rotatable bonds is 4. The third-order valence-electron chi connectivity index (χ3n) is 2.35. The van der Waals surface area contributed by atoms with Crippen LogP contribution in [-0.4, -0.2) is 29.1 Å². The standard InChI is InChI=1S/C12H13ClN4O2/c1-2-19-6-10(18)17-12-11(14)15-9-5-7(13)3-4-8(9)16-12/h3-5H,2,6H2,1H3,(H2,14,15)(H,16,17,18). The molecule has 0 radical (unpaired) electrons. The van der Waals surface area contributed by atoms with Gasteiger partial charge in [-0.3, -0.25) is 4.79 Å². The quantitative estimate of drug-likeness (QED) is 0.892. The van der Waals surface area contributed by atoms with Gasteiger partial charge in [0.15, 0.2) is 11.6 Å². The van der Waals surface area contributed by atoms with Crippen molar-refractivity contribution in [2.45, 2.75) is 6.92 Å². The third-order valence-corrected chi connectivity index (χ3v) is 2.58. The molecule has 3 N–H and O–H groups in total. The summed E-state index contributed by atoms with van der Waals surface area (Å²) in [5, 5.41) is 3.11. The first-order valence-electron chi connectivity index (χ1n) is 5.70. The molecule has 0 bridgehead atoms. The van der Waals surface area contributed by atoms with E-state index >= 15 is 0 Å². The Bertz CT molecular complexity index is 618. The summed E-state index contributed by atoms with van der Waals surface area (Å²) in [7, 11) is 0. The van der Waals surface area contributed by atoms with Crippen LogP contribution in [0.2, 0.25) is 5.02 Å². The Labute approximate surface area is 114 Å². The van der Waals surface area contributed by atoms with Crippen LogP contribution in [0.3, 0.4) is 0 Å². The van der Waals surface area contributed by atoms with Crippen molar-refractivity contribution >= 4 is 40.2 Å². The Hall–Kier alpha value is -1.92. The topological polar surface area (TPSA) is 90.1 Å². The number of nitrogens with zero attached hydrogens (tertiary/aromatic N) is 2. The highest BCUT2D eigenvalue weighted by molar-refractivity contribution is 6.31. The molecular formula is C12H13ClN4O2. The predicted octanol–water partition coefficient (Wildman–Crippen LogP) is 1.84. The van der Waals surface area contributed by atoms with Gasteiger partial charge >= 0.3 is 0 Å². The molecule has 0 unspecified atom stereocenters. The fraction of sp³-hybridized carbons (Fsp3) is 0.250. The van der Waals surface area contributed by atoms with Crippen LogP contribution >= 0.6 is 11.6 Å². The van der Waals surface area contributed by atoms with Gasteiger partial charge in [0.1, 0.15) is 6.61 Å². The maximum absolute atomic E-state index is 11.5. The maximum atomic E-state index is 11.5. The summed E-state index contributed by atoms with van der Waals surface area (Å²) in [6.45, 7) is 2.22. The number of amides is 1. The van der Waals surface area contributed by atoms with Crippen molar-refractivity contribution in [1.29, 1.82) is 0 Å². The zero-order valence-electron chi connectivity index (χ0n) is 10.3. The lowest BCUT2D eigenvalue weighted by atomic mass is 10.3. The molecule has 7 heteroatoms. The summed E-state index contributed by atoms with van der Waals surface area (Å²) in [5.41, 5.74) is 6.92. The molecule has 0 aliphatic rings. The molecule has 6 nitrogen and oxygen atoms in total. The molecule has 100 valence electrons. The second kappa shape index (κ2) is 5.81. The molecule has 0 aliphatic carbocycles. The lowest BCUT2D eigenvalue weighted by Gasteiger charge is -2.08.